The lowest BCUT2D eigenvalue weighted by Gasteiger charge is -2.18. The minimum Gasteiger partial charge on any atom is -0.399 e. The van der Waals surface area contributed by atoms with Crippen LogP contribution in [0.4, 0.5) is 10.1 Å². The molecule has 1 aromatic carbocycles. The van der Waals surface area contributed by atoms with E-state index in [1.54, 1.807) is 0 Å². The minimum atomic E-state index is -3.85. The van der Waals surface area contributed by atoms with E-state index in [9.17, 15) is 12.8 Å². The van der Waals surface area contributed by atoms with Crippen LogP contribution in [0.2, 0.25) is 0 Å². The van der Waals surface area contributed by atoms with Gasteiger partial charge in [-0.3, -0.25) is 0 Å². The number of aryl methyl sites for hydroxylation is 1. The Bertz CT molecular complexity index is 625. The van der Waals surface area contributed by atoms with Crippen molar-refractivity contribution < 1.29 is 12.8 Å². The van der Waals surface area contributed by atoms with Crippen LogP contribution >= 0.6 is 0 Å². The number of nitrogens with two attached hydrogens (primary N) is 1. The summed E-state index contributed by atoms with van der Waals surface area (Å²) in [6.07, 6.45) is 4.23. The minimum absolute atomic E-state index is 0.0406. The average molecular weight is 298 g/mol. The lowest BCUT2D eigenvalue weighted by atomic mass is 10.1. The Morgan fingerprint density at radius 3 is 2.30 bits per heavy atom. The molecule has 0 heterocycles. The Morgan fingerprint density at radius 1 is 1.25 bits per heavy atom. The van der Waals surface area contributed by atoms with Gasteiger partial charge in [-0.2, -0.15) is 0 Å². The predicted molar refractivity (Wildman–Crippen MR) is 75.1 cm³/mol. The molecule has 2 aliphatic rings. The van der Waals surface area contributed by atoms with Gasteiger partial charge in [0, 0.05) is 11.7 Å². The number of hydrogen-bond donors (Lipinski definition) is 2. The van der Waals surface area contributed by atoms with Crippen molar-refractivity contribution in [1.82, 2.24) is 4.72 Å². The molecule has 0 amide bonds. The lowest BCUT2D eigenvalue weighted by molar-refractivity contribution is 0.468. The summed E-state index contributed by atoms with van der Waals surface area (Å²) in [6.45, 7) is 1.52. The zero-order chi connectivity index (χ0) is 14.5. The van der Waals surface area contributed by atoms with Gasteiger partial charge in [0.1, 0.15) is 10.7 Å². The topological polar surface area (TPSA) is 72.2 Å². The van der Waals surface area contributed by atoms with Gasteiger partial charge in [0.05, 0.1) is 0 Å². The summed E-state index contributed by atoms with van der Waals surface area (Å²) in [5.74, 6) is 0.127. The van der Waals surface area contributed by atoms with Crippen LogP contribution in [-0.2, 0) is 10.0 Å². The average Bonchev–Trinajstić information content (AvgIpc) is 3.24. The van der Waals surface area contributed by atoms with Gasteiger partial charge in [0.15, 0.2) is 0 Å². The lowest BCUT2D eigenvalue weighted by Crippen LogP contribution is -2.38. The molecule has 2 saturated carbocycles. The molecule has 0 bridgehead atoms. The maximum absolute atomic E-state index is 14.1. The maximum Gasteiger partial charge on any atom is 0.243 e. The molecule has 2 fully saturated rings. The molecule has 0 spiro atoms. The third kappa shape index (κ3) is 2.67. The van der Waals surface area contributed by atoms with Crippen molar-refractivity contribution in [2.24, 2.45) is 11.8 Å². The summed E-state index contributed by atoms with van der Waals surface area (Å²) >= 11 is 0. The van der Waals surface area contributed by atoms with Crippen molar-refractivity contribution in [3.8, 4) is 0 Å². The highest BCUT2D eigenvalue weighted by Crippen LogP contribution is 2.45. The van der Waals surface area contributed by atoms with Gasteiger partial charge in [-0.05, 0) is 62.1 Å². The molecule has 2 aliphatic carbocycles. The highest BCUT2D eigenvalue weighted by molar-refractivity contribution is 7.89. The van der Waals surface area contributed by atoms with Gasteiger partial charge in [-0.15, -0.1) is 0 Å². The van der Waals surface area contributed by atoms with Crippen molar-refractivity contribution in [3.05, 3.63) is 23.5 Å². The van der Waals surface area contributed by atoms with Crippen LogP contribution in [0, 0.1) is 24.6 Å². The highest BCUT2D eigenvalue weighted by atomic mass is 32.2. The Morgan fingerprint density at radius 2 is 1.80 bits per heavy atom. The number of nitrogens with one attached hydrogen (secondary N) is 1. The van der Waals surface area contributed by atoms with Crippen LogP contribution in [0.25, 0.3) is 0 Å². The van der Waals surface area contributed by atoms with Gasteiger partial charge in [-0.1, -0.05) is 0 Å². The molecule has 0 aromatic heterocycles. The van der Waals surface area contributed by atoms with E-state index in [1.807, 2.05) is 0 Å². The Hall–Kier alpha value is -1.14. The maximum atomic E-state index is 14.1. The van der Waals surface area contributed by atoms with E-state index < -0.39 is 15.8 Å². The molecular weight excluding hydrogens is 279 g/mol. The fourth-order valence-corrected chi connectivity index (χ4v) is 4.25. The first-order valence-electron chi connectivity index (χ1n) is 6.96. The number of benzene rings is 1. The first-order valence-corrected chi connectivity index (χ1v) is 8.45. The van der Waals surface area contributed by atoms with Crippen LogP contribution in [0.1, 0.15) is 31.2 Å². The van der Waals surface area contributed by atoms with E-state index in [4.69, 9.17) is 5.73 Å². The van der Waals surface area contributed by atoms with E-state index in [0.717, 1.165) is 25.7 Å². The Balaban J connectivity index is 1.91. The summed E-state index contributed by atoms with van der Waals surface area (Å²) in [7, 11) is -3.85. The van der Waals surface area contributed by atoms with Crippen LogP contribution in [0.3, 0.4) is 0 Å². The zero-order valence-electron chi connectivity index (χ0n) is 11.4. The Kier molecular flexibility index (Phi) is 3.25. The van der Waals surface area contributed by atoms with Crippen molar-refractivity contribution in [2.45, 2.75) is 43.5 Å². The van der Waals surface area contributed by atoms with Gasteiger partial charge in [0.25, 0.3) is 0 Å². The predicted octanol–water partition coefficient (Wildman–Crippen LogP) is 2.18. The number of anilines is 1. The summed E-state index contributed by atoms with van der Waals surface area (Å²) < 4.78 is 41.6. The van der Waals surface area contributed by atoms with E-state index in [1.165, 1.54) is 19.1 Å². The molecule has 0 radical (unpaired) electrons. The van der Waals surface area contributed by atoms with Crippen molar-refractivity contribution in [3.63, 3.8) is 0 Å². The van der Waals surface area contributed by atoms with E-state index >= 15 is 0 Å². The summed E-state index contributed by atoms with van der Waals surface area (Å²) in [5, 5.41) is 0. The molecule has 0 aliphatic heterocycles. The molecule has 6 heteroatoms. The molecule has 20 heavy (non-hydrogen) atoms. The van der Waals surface area contributed by atoms with E-state index in [0.29, 0.717) is 11.8 Å². The van der Waals surface area contributed by atoms with Crippen LogP contribution < -0.4 is 10.5 Å². The summed E-state index contributed by atoms with van der Waals surface area (Å²) in [5.41, 5.74) is 6.15. The third-order valence-corrected chi connectivity index (χ3v) is 5.54. The van der Waals surface area contributed by atoms with Crippen molar-refractivity contribution >= 4 is 15.7 Å². The Labute approximate surface area is 118 Å². The standard InChI is InChI=1S/C14H19FN2O2S/c1-8-6-11(16)7-12(13(8)15)20(18,19)17-14(9-2-3-9)10-4-5-10/h6-7,9-10,14,17H,2-5,16H2,1H3. The molecule has 4 nitrogen and oxygen atoms in total. The first-order chi connectivity index (χ1) is 9.38. The number of halogens is 1. The van der Waals surface area contributed by atoms with Gasteiger partial charge >= 0.3 is 0 Å². The SMILES string of the molecule is Cc1cc(N)cc(S(=O)(=O)NC(C2CC2)C2CC2)c1F. The number of sulfonamides is 1. The number of hydrogen-bond acceptors (Lipinski definition) is 3. The molecule has 0 atom stereocenters. The second-order valence-corrected chi connectivity index (χ2v) is 7.65. The number of nitrogen functional groups attached to an aromatic ring is 1. The van der Waals surface area contributed by atoms with Crippen LogP contribution in [-0.4, -0.2) is 14.5 Å². The van der Waals surface area contributed by atoms with Crippen LogP contribution in [0.5, 0.6) is 0 Å². The fourth-order valence-electron chi connectivity index (χ4n) is 2.69. The normalized spacial score (nSPS) is 19.6. The molecular formula is C14H19FN2O2S. The molecule has 0 unspecified atom stereocenters. The quantitative estimate of drug-likeness (QED) is 0.818. The first kappa shape index (κ1) is 13.8. The van der Waals surface area contributed by atoms with E-state index in [-0.39, 0.29) is 22.2 Å². The van der Waals surface area contributed by atoms with Gasteiger partial charge < -0.3 is 5.73 Å². The van der Waals surface area contributed by atoms with Crippen molar-refractivity contribution in [2.75, 3.05) is 5.73 Å². The second kappa shape index (κ2) is 4.70. The molecule has 110 valence electrons. The number of rotatable bonds is 5. The van der Waals surface area contributed by atoms with E-state index in [2.05, 4.69) is 4.72 Å². The zero-order valence-corrected chi connectivity index (χ0v) is 12.2. The van der Waals surface area contributed by atoms with Crippen LogP contribution in [0.15, 0.2) is 17.0 Å². The van der Waals surface area contributed by atoms with Gasteiger partial charge in [0.2, 0.25) is 10.0 Å². The largest absolute Gasteiger partial charge is 0.399 e. The molecule has 0 saturated heterocycles. The smallest absolute Gasteiger partial charge is 0.243 e. The molecule has 3 N–H and O–H groups in total. The molecule has 1 aromatic rings. The van der Waals surface area contributed by atoms with Crippen molar-refractivity contribution in [1.29, 1.82) is 0 Å². The molecule has 3 rings (SSSR count). The fraction of sp³-hybridized carbons (Fsp3) is 0.571. The third-order valence-electron chi connectivity index (χ3n) is 4.08. The summed E-state index contributed by atoms with van der Waals surface area (Å²) in [4.78, 5) is -0.332. The second-order valence-electron chi connectivity index (χ2n) is 5.97. The monoisotopic (exact) mass is 298 g/mol. The van der Waals surface area contributed by atoms with Gasteiger partial charge in [-0.25, -0.2) is 17.5 Å². The highest BCUT2D eigenvalue weighted by Gasteiger charge is 2.43. The summed E-state index contributed by atoms with van der Waals surface area (Å²) in [6, 6.07) is 2.59.